The molecule has 2 aromatic carbocycles. The summed E-state index contributed by atoms with van der Waals surface area (Å²) >= 11 is 11.6. The third-order valence-electron chi connectivity index (χ3n) is 6.92. The fraction of sp³-hybridized carbons (Fsp3) is 0.517. The molecule has 1 aliphatic heterocycles. The summed E-state index contributed by atoms with van der Waals surface area (Å²) in [5.41, 5.74) is 1.02. The van der Waals surface area contributed by atoms with Gasteiger partial charge in [0.15, 0.2) is 0 Å². The minimum Gasteiger partial charge on any atom is -0.481 e. The van der Waals surface area contributed by atoms with Gasteiger partial charge in [-0.3, -0.25) is 9.59 Å². The van der Waals surface area contributed by atoms with Crippen LogP contribution >= 0.6 is 23.2 Å². The highest BCUT2D eigenvalue weighted by atomic mass is 35.5. The molecule has 2 aromatic rings. The molecule has 38 heavy (non-hydrogen) atoms. The molecule has 3 fully saturated rings. The molecule has 0 aromatic heterocycles. The van der Waals surface area contributed by atoms with Crippen LogP contribution in [0, 0.1) is 11.8 Å². The number of benzene rings is 2. The number of carboxylic acid groups (broad SMARTS) is 1. The number of hydrogen-bond donors (Lipinski definition) is 2. The summed E-state index contributed by atoms with van der Waals surface area (Å²) in [6, 6.07) is 16.8. The largest absolute Gasteiger partial charge is 0.481 e. The highest BCUT2D eigenvalue weighted by Crippen LogP contribution is 2.44. The van der Waals surface area contributed by atoms with Crippen LogP contribution in [0.5, 0.6) is 0 Å². The lowest BCUT2D eigenvalue weighted by Crippen LogP contribution is -2.53. The monoisotopic (exact) mass is 580 g/mol. The number of halogens is 2. The Morgan fingerprint density at radius 1 is 0.974 bits per heavy atom. The minimum atomic E-state index is -1.06. The van der Waals surface area contributed by atoms with Gasteiger partial charge in [0.2, 0.25) is 5.91 Å². The first-order valence-corrected chi connectivity index (χ1v) is 15.4. The van der Waals surface area contributed by atoms with E-state index in [0.29, 0.717) is 23.9 Å². The van der Waals surface area contributed by atoms with Gasteiger partial charge in [0.1, 0.15) is 0 Å². The molecule has 2 aliphatic carbocycles. The molecule has 2 saturated carbocycles. The topological polar surface area (TPSA) is 86.7 Å². The molecular weight excluding hydrogens is 543 g/mol. The van der Waals surface area contributed by atoms with Crippen molar-refractivity contribution < 1.29 is 18.9 Å². The maximum atomic E-state index is 13.4. The van der Waals surface area contributed by atoms with Crippen molar-refractivity contribution in [3.05, 3.63) is 70.2 Å². The summed E-state index contributed by atoms with van der Waals surface area (Å²) in [7, 11) is -1.06. The van der Waals surface area contributed by atoms with Gasteiger partial charge in [0.25, 0.3) is 0 Å². The summed E-state index contributed by atoms with van der Waals surface area (Å²) < 4.78 is 15.5. The minimum absolute atomic E-state index is 0.0672. The van der Waals surface area contributed by atoms with E-state index in [-0.39, 0.29) is 29.7 Å². The number of carbonyl (C=O) groups is 2. The Morgan fingerprint density at radius 3 is 2.08 bits per heavy atom. The van der Waals surface area contributed by atoms with Gasteiger partial charge in [0.05, 0.1) is 23.4 Å². The average molecular weight is 582 g/mol. The van der Waals surface area contributed by atoms with Crippen molar-refractivity contribution in [3.63, 3.8) is 0 Å². The lowest BCUT2D eigenvalue weighted by molar-refractivity contribution is -0.151. The van der Waals surface area contributed by atoms with Crippen molar-refractivity contribution >= 4 is 46.1 Å². The van der Waals surface area contributed by atoms with E-state index in [9.17, 15) is 18.9 Å². The Balaban J connectivity index is 0.000000381. The number of likely N-dealkylation sites (tertiary alicyclic amines) is 1. The molecule has 2 N–H and O–H groups in total. The third-order valence-corrected chi connectivity index (χ3v) is 8.95. The molecule has 1 amide bonds. The van der Waals surface area contributed by atoms with Gasteiger partial charge in [-0.15, -0.1) is 0 Å². The van der Waals surface area contributed by atoms with Crippen molar-refractivity contribution in [2.24, 2.45) is 11.8 Å². The normalized spacial score (nSPS) is 22.3. The van der Waals surface area contributed by atoms with Crippen molar-refractivity contribution in [2.75, 3.05) is 6.54 Å². The lowest BCUT2D eigenvalue weighted by Gasteiger charge is -2.44. The summed E-state index contributed by atoms with van der Waals surface area (Å²) in [5.74, 6) is -1.15. The molecule has 9 heteroatoms. The van der Waals surface area contributed by atoms with E-state index in [2.05, 4.69) is 4.72 Å². The van der Waals surface area contributed by atoms with Crippen LogP contribution in [0.1, 0.15) is 70.4 Å². The predicted octanol–water partition coefficient (Wildman–Crippen LogP) is 6.65. The summed E-state index contributed by atoms with van der Waals surface area (Å²) in [4.78, 5) is 26.6. The number of carbonyl (C=O) groups excluding carboxylic acids is 1. The molecule has 2 unspecified atom stereocenters. The lowest BCUT2D eigenvalue weighted by atomic mass is 9.84. The zero-order chi connectivity index (χ0) is 27.7. The number of piperidine rings is 1. The highest BCUT2D eigenvalue weighted by Gasteiger charge is 2.45. The number of nitrogens with one attached hydrogen (secondary N) is 1. The van der Waals surface area contributed by atoms with Crippen molar-refractivity contribution in [3.8, 4) is 0 Å². The van der Waals surface area contributed by atoms with Crippen LogP contribution in [0.4, 0.5) is 0 Å². The van der Waals surface area contributed by atoms with E-state index >= 15 is 0 Å². The Labute approximate surface area is 238 Å². The van der Waals surface area contributed by atoms with Gasteiger partial charge in [-0.2, -0.15) is 0 Å². The molecule has 0 spiro atoms. The molecular formula is C29H38Cl2N2O4S. The molecule has 3 aliphatic rings. The second kappa shape index (κ2) is 15.0. The van der Waals surface area contributed by atoms with Gasteiger partial charge in [-0.05, 0) is 74.3 Å². The molecule has 1 saturated heterocycles. The van der Waals surface area contributed by atoms with Crippen LogP contribution in [0.25, 0.3) is 0 Å². The molecule has 6 nitrogen and oxygen atoms in total. The molecule has 5 rings (SSSR count). The van der Waals surface area contributed by atoms with Gasteiger partial charge < -0.3 is 10.0 Å². The second-order valence-corrected chi connectivity index (χ2v) is 12.2. The van der Waals surface area contributed by atoms with E-state index in [1.54, 1.807) is 0 Å². The standard InChI is InChI=1S/C21H27ClN2O4S.C6H5Cl.C2H6/c22-16-6-3-13(4-7-16)18-10-5-15(11-20(25)26)21(27)24(18)19(14-1-2-14)12-23-29(28)17-8-9-17;7-6-4-2-1-3-5-6;1-2/h3-4,6-7,14-15,17-19,23H,1-2,5,8-12H2,(H,25,26);1-5H;1-2H3/t15-,18+,19?,29?;;/m1../s1. The number of hydrogen-bond acceptors (Lipinski definition) is 3. The zero-order valence-corrected chi connectivity index (χ0v) is 24.4. The fourth-order valence-corrected chi connectivity index (χ4v) is 6.15. The van der Waals surface area contributed by atoms with Gasteiger partial charge in [0, 0.05) is 33.8 Å². The maximum absolute atomic E-state index is 13.4. The molecule has 208 valence electrons. The number of aliphatic carboxylic acids is 1. The van der Waals surface area contributed by atoms with Crippen LogP contribution in [0.3, 0.4) is 0 Å². The molecule has 0 bridgehead atoms. The van der Waals surface area contributed by atoms with Gasteiger partial charge in [-0.25, -0.2) is 8.93 Å². The number of rotatable bonds is 9. The smallest absolute Gasteiger partial charge is 0.304 e. The van der Waals surface area contributed by atoms with E-state index in [1.165, 1.54) is 0 Å². The fourth-order valence-electron chi connectivity index (χ4n) is 4.75. The Morgan fingerprint density at radius 2 is 1.58 bits per heavy atom. The zero-order valence-electron chi connectivity index (χ0n) is 22.0. The average Bonchev–Trinajstić information content (AvgIpc) is 3.82. The quantitative estimate of drug-likeness (QED) is 0.347. The summed E-state index contributed by atoms with van der Waals surface area (Å²) in [6.07, 6.45) is 5.22. The van der Waals surface area contributed by atoms with Crippen molar-refractivity contribution in [2.45, 2.75) is 76.1 Å². The van der Waals surface area contributed by atoms with Crippen molar-refractivity contribution in [1.29, 1.82) is 0 Å². The predicted molar refractivity (Wildman–Crippen MR) is 154 cm³/mol. The second-order valence-electron chi connectivity index (χ2n) is 9.73. The molecule has 0 radical (unpaired) electrons. The highest BCUT2D eigenvalue weighted by molar-refractivity contribution is 7.84. The van der Waals surface area contributed by atoms with Crippen LogP contribution < -0.4 is 4.72 Å². The van der Waals surface area contributed by atoms with Crippen LogP contribution in [0.15, 0.2) is 54.6 Å². The summed E-state index contributed by atoms with van der Waals surface area (Å²) in [6.45, 7) is 4.49. The van der Waals surface area contributed by atoms with Crippen LogP contribution in [-0.4, -0.2) is 43.9 Å². The SMILES string of the molecule is CC.Clc1ccccc1.O=C(O)C[C@H]1CC[C@@H](c2ccc(Cl)cc2)N(C(CNS(=O)C2CC2)C2CC2)C1=O. The first-order valence-electron chi connectivity index (χ1n) is 13.5. The van der Waals surface area contributed by atoms with Crippen molar-refractivity contribution in [1.82, 2.24) is 9.62 Å². The van der Waals surface area contributed by atoms with E-state index < -0.39 is 22.9 Å². The third kappa shape index (κ3) is 9.08. The van der Waals surface area contributed by atoms with E-state index in [1.807, 2.05) is 73.3 Å². The van der Waals surface area contributed by atoms with Crippen LogP contribution in [-0.2, 0) is 20.6 Å². The van der Waals surface area contributed by atoms with E-state index in [4.69, 9.17) is 23.2 Å². The number of nitrogens with zero attached hydrogens (tertiary/aromatic N) is 1. The first kappa shape index (κ1) is 30.6. The van der Waals surface area contributed by atoms with Gasteiger partial charge in [-0.1, -0.05) is 67.4 Å². The first-order chi connectivity index (χ1) is 18.3. The number of amides is 1. The Bertz CT molecular complexity index is 1060. The van der Waals surface area contributed by atoms with E-state index in [0.717, 1.165) is 42.7 Å². The molecule has 4 atom stereocenters. The summed E-state index contributed by atoms with van der Waals surface area (Å²) in [5, 5.41) is 10.9. The maximum Gasteiger partial charge on any atom is 0.304 e. The Hall–Kier alpha value is -1.93. The van der Waals surface area contributed by atoms with Gasteiger partial charge >= 0.3 is 5.97 Å². The Kier molecular flexibility index (Phi) is 12.1. The number of carboxylic acids is 1. The van der Waals surface area contributed by atoms with Crippen LogP contribution in [0.2, 0.25) is 10.0 Å². The molecule has 1 heterocycles.